The highest BCUT2D eigenvalue weighted by molar-refractivity contribution is 5.78. The Balaban J connectivity index is 1.27. The van der Waals surface area contributed by atoms with Gasteiger partial charge in [0.15, 0.2) is 0 Å². The maximum absolute atomic E-state index is 12.5. The number of nitrogens with zero attached hydrogens (tertiary/aromatic N) is 2. The Bertz CT molecular complexity index is 1100. The Hall–Kier alpha value is -2.82. The molecule has 1 N–H and O–H groups in total. The van der Waals surface area contributed by atoms with Gasteiger partial charge < -0.3 is 14.6 Å². The zero-order valence-electron chi connectivity index (χ0n) is 22.2. The highest BCUT2D eigenvalue weighted by Crippen LogP contribution is 2.28. The van der Waals surface area contributed by atoms with Gasteiger partial charge in [-0.2, -0.15) is 0 Å². The van der Waals surface area contributed by atoms with Crippen molar-refractivity contribution in [3.63, 3.8) is 0 Å². The van der Waals surface area contributed by atoms with Crippen molar-refractivity contribution < 1.29 is 9.53 Å². The van der Waals surface area contributed by atoms with E-state index in [1.807, 2.05) is 0 Å². The lowest BCUT2D eigenvalue weighted by atomic mass is 9.89. The fraction of sp³-hybridized carbons (Fsp3) is 0.548. The van der Waals surface area contributed by atoms with Crippen molar-refractivity contribution in [2.75, 3.05) is 13.2 Å². The Morgan fingerprint density at radius 2 is 1.83 bits per heavy atom. The third-order valence-electron chi connectivity index (χ3n) is 7.68. The maximum Gasteiger partial charge on any atom is 0.223 e. The minimum Gasteiger partial charge on any atom is -0.493 e. The molecule has 1 amide bonds. The van der Waals surface area contributed by atoms with Gasteiger partial charge in [0.05, 0.1) is 17.6 Å². The van der Waals surface area contributed by atoms with E-state index in [-0.39, 0.29) is 11.8 Å². The van der Waals surface area contributed by atoms with Crippen LogP contribution in [0.15, 0.2) is 48.5 Å². The van der Waals surface area contributed by atoms with Gasteiger partial charge in [0, 0.05) is 25.4 Å². The third kappa shape index (κ3) is 6.89. The van der Waals surface area contributed by atoms with Crippen LogP contribution in [0.2, 0.25) is 0 Å². The summed E-state index contributed by atoms with van der Waals surface area (Å²) in [6.07, 6.45) is 10.7. The van der Waals surface area contributed by atoms with Crippen molar-refractivity contribution in [3.8, 4) is 5.75 Å². The molecular formula is C31H43N3O2. The van der Waals surface area contributed by atoms with Crippen molar-refractivity contribution in [2.24, 2.45) is 5.92 Å². The number of aromatic nitrogens is 2. The monoisotopic (exact) mass is 489 g/mol. The number of ether oxygens (including phenoxy) is 1. The van der Waals surface area contributed by atoms with Crippen molar-refractivity contribution in [1.82, 2.24) is 14.9 Å². The lowest BCUT2D eigenvalue weighted by molar-refractivity contribution is -0.125. The molecule has 1 saturated carbocycles. The van der Waals surface area contributed by atoms with Crippen molar-refractivity contribution in [3.05, 3.63) is 59.9 Å². The van der Waals surface area contributed by atoms with Crippen LogP contribution in [0.4, 0.5) is 0 Å². The molecule has 1 unspecified atom stereocenters. The first-order valence-electron chi connectivity index (χ1n) is 14.1. The van der Waals surface area contributed by atoms with Gasteiger partial charge >= 0.3 is 0 Å². The molecule has 1 aliphatic carbocycles. The van der Waals surface area contributed by atoms with Crippen LogP contribution in [0.25, 0.3) is 11.0 Å². The summed E-state index contributed by atoms with van der Waals surface area (Å²) in [6, 6.07) is 16.8. The van der Waals surface area contributed by atoms with E-state index >= 15 is 0 Å². The maximum atomic E-state index is 12.5. The molecule has 5 nitrogen and oxygen atoms in total. The molecular weight excluding hydrogens is 446 g/mol. The molecule has 0 bridgehead atoms. The fourth-order valence-electron chi connectivity index (χ4n) is 5.33. The molecule has 3 aromatic rings. The molecule has 1 aliphatic rings. The van der Waals surface area contributed by atoms with Gasteiger partial charge in [-0.25, -0.2) is 4.98 Å². The molecule has 0 saturated heterocycles. The number of nitrogens with one attached hydrogen (secondary N) is 1. The molecule has 0 aliphatic heterocycles. The van der Waals surface area contributed by atoms with Gasteiger partial charge in [0.1, 0.15) is 11.6 Å². The van der Waals surface area contributed by atoms with Gasteiger partial charge in [0.2, 0.25) is 5.91 Å². The molecule has 1 aromatic heterocycles. The van der Waals surface area contributed by atoms with Crippen LogP contribution in [0.5, 0.6) is 5.75 Å². The topological polar surface area (TPSA) is 56.1 Å². The lowest BCUT2D eigenvalue weighted by Gasteiger charge is -2.20. The number of rotatable bonds is 13. The second kappa shape index (κ2) is 13.5. The number of hydrogen-bond acceptors (Lipinski definition) is 3. The third-order valence-corrected chi connectivity index (χ3v) is 7.68. The van der Waals surface area contributed by atoms with Crippen molar-refractivity contribution >= 4 is 16.9 Å². The second-order valence-electron chi connectivity index (χ2n) is 10.3. The summed E-state index contributed by atoms with van der Waals surface area (Å²) in [7, 11) is 0. The first kappa shape index (κ1) is 26.2. The average molecular weight is 490 g/mol. The second-order valence-corrected chi connectivity index (χ2v) is 10.3. The van der Waals surface area contributed by atoms with E-state index < -0.39 is 0 Å². The summed E-state index contributed by atoms with van der Waals surface area (Å²) in [5.41, 5.74) is 3.55. The smallest absolute Gasteiger partial charge is 0.223 e. The number of unbranched alkanes of at least 4 members (excludes halogenated alkanes) is 1. The highest BCUT2D eigenvalue weighted by atomic mass is 16.5. The number of aryl methyl sites for hydroxylation is 2. The summed E-state index contributed by atoms with van der Waals surface area (Å²) in [5.74, 6) is 3.12. The van der Waals surface area contributed by atoms with E-state index in [0.29, 0.717) is 5.92 Å². The quantitative estimate of drug-likeness (QED) is 0.262. The molecule has 1 atom stereocenters. The summed E-state index contributed by atoms with van der Waals surface area (Å²) < 4.78 is 8.55. The summed E-state index contributed by atoms with van der Waals surface area (Å²) >= 11 is 0. The van der Waals surface area contributed by atoms with Gasteiger partial charge in [0.25, 0.3) is 0 Å². The van der Waals surface area contributed by atoms with Crippen molar-refractivity contribution in [1.29, 1.82) is 0 Å². The summed E-state index contributed by atoms with van der Waals surface area (Å²) in [4.78, 5) is 17.4. The molecule has 4 rings (SSSR count). The minimum absolute atomic E-state index is 0.225. The van der Waals surface area contributed by atoms with E-state index in [2.05, 4.69) is 72.3 Å². The number of amides is 1. The summed E-state index contributed by atoms with van der Waals surface area (Å²) in [5, 5.41) is 3.18. The molecule has 194 valence electrons. The van der Waals surface area contributed by atoms with Crippen LogP contribution in [-0.2, 0) is 17.8 Å². The Morgan fingerprint density at radius 3 is 2.67 bits per heavy atom. The van der Waals surface area contributed by atoms with E-state index in [9.17, 15) is 4.79 Å². The van der Waals surface area contributed by atoms with Crippen LogP contribution >= 0.6 is 0 Å². The molecule has 2 aromatic carbocycles. The zero-order chi connectivity index (χ0) is 25.2. The number of carbonyl (C=O) groups excluding carboxylic acids is 1. The molecule has 1 heterocycles. The first-order chi connectivity index (χ1) is 17.7. The minimum atomic E-state index is 0.225. The van der Waals surface area contributed by atoms with Gasteiger partial charge in [-0.15, -0.1) is 0 Å². The number of carbonyl (C=O) groups is 1. The number of para-hydroxylation sites is 3. The Labute approximate surface area is 216 Å². The lowest BCUT2D eigenvalue weighted by Crippen LogP contribution is -2.32. The predicted octanol–water partition coefficient (Wildman–Crippen LogP) is 7.04. The van der Waals surface area contributed by atoms with E-state index in [1.54, 1.807) is 0 Å². The van der Waals surface area contributed by atoms with E-state index in [1.165, 1.54) is 30.3 Å². The highest BCUT2D eigenvalue weighted by Gasteiger charge is 2.20. The predicted molar refractivity (Wildman–Crippen MR) is 148 cm³/mol. The number of benzene rings is 2. The molecule has 0 spiro atoms. The van der Waals surface area contributed by atoms with Crippen LogP contribution in [0.3, 0.4) is 0 Å². The molecule has 5 heteroatoms. The number of hydrogen-bond donors (Lipinski definition) is 1. The Morgan fingerprint density at radius 1 is 1.06 bits per heavy atom. The fourth-order valence-corrected chi connectivity index (χ4v) is 5.33. The SMILES string of the molecule is CCC(C)c1ccccc1OCCCCn1c(CCCNC(=O)C2CCCCC2)nc2ccccc21. The van der Waals surface area contributed by atoms with Crippen LogP contribution in [-0.4, -0.2) is 28.6 Å². The van der Waals surface area contributed by atoms with E-state index in [0.717, 1.165) is 81.7 Å². The average Bonchev–Trinajstić information content (AvgIpc) is 3.28. The van der Waals surface area contributed by atoms with Crippen LogP contribution in [0, 0.1) is 5.92 Å². The molecule has 36 heavy (non-hydrogen) atoms. The normalized spacial score (nSPS) is 15.2. The molecule has 0 radical (unpaired) electrons. The van der Waals surface area contributed by atoms with Gasteiger partial charge in [-0.05, 0) is 68.2 Å². The number of imidazole rings is 1. The summed E-state index contributed by atoms with van der Waals surface area (Å²) in [6.45, 7) is 6.86. The molecule has 1 fully saturated rings. The standard InChI is InChI=1S/C31H43N3O2/c1-3-24(2)26-16-7-10-19-29(26)36-23-12-11-22-34-28-18-9-8-17-27(28)33-30(34)20-13-21-32-31(35)25-14-5-4-6-15-25/h7-10,16-19,24-25H,3-6,11-15,20-23H2,1-2H3,(H,32,35). The van der Waals surface area contributed by atoms with Crippen LogP contribution < -0.4 is 10.1 Å². The van der Waals surface area contributed by atoms with Gasteiger partial charge in [-0.1, -0.05) is 63.4 Å². The zero-order valence-corrected chi connectivity index (χ0v) is 22.2. The number of fused-ring (bicyclic) bond motifs is 1. The van der Waals surface area contributed by atoms with Gasteiger partial charge in [-0.3, -0.25) is 4.79 Å². The van der Waals surface area contributed by atoms with Crippen LogP contribution in [0.1, 0.15) is 88.9 Å². The van der Waals surface area contributed by atoms with E-state index in [4.69, 9.17) is 9.72 Å². The Kier molecular flexibility index (Phi) is 9.83. The largest absolute Gasteiger partial charge is 0.493 e. The first-order valence-corrected chi connectivity index (χ1v) is 14.1. The van der Waals surface area contributed by atoms with Crippen molar-refractivity contribution in [2.45, 2.75) is 90.5 Å².